The number of aliphatic hydroxyl groups excluding tert-OH is 1. The van der Waals surface area contributed by atoms with Crippen LogP contribution in [0.25, 0.3) is 0 Å². The van der Waals surface area contributed by atoms with Gasteiger partial charge < -0.3 is 10.8 Å². The third-order valence-corrected chi connectivity index (χ3v) is 3.55. The van der Waals surface area contributed by atoms with Crippen LogP contribution in [0.3, 0.4) is 0 Å². The van der Waals surface area contributed by atoms with E-state index in [1.165, 1.54) is 11.1 Å². The van der Waals surface area contributed by atoms with Gasteiger partial charge in [-0.2, -0.15) is 35.4 Å². The molecule has 0 saturated carbocycles. The monoisotopic (exact) mass is 391 g/mol. The van der Waals surface area contributed by atoms with Gasteiger partial charge >= 0.3 is 0 Å². The van der Waals surface area contributed by atoms with Crippen molar-refractivity contribution in [2.75, 3.05) is 6.61 Å². The van der Waals surface area contributed by atoms with Crippen molar-refractivity contribution in [3.63, 3.8) is 0 Å². The van der Waals surface area contributed by atoms with Gasteiger partial charge in [0.25, 0.3) is 0 Å². The Labute approximate surface area is 111 Å². The van der Waals surface area contributed by atoms with E-state index in [1.54, 1.807) is 0 Å². The summed E-state index contributed by atoms with van der Waals surface area (Å²) in [5.41, 5.74) is 8.40. The molecule has 0 saturated heterocycles. The molecule has 2 rings (SSSR count). The standard InChI is InChI=1S/C13H18NO.Re/c1-13(14,9-15)12-7-6-10-4-2-3-5-11(10)8-12;/h3-5,12,15H,6-9,14H2,1H3;/q-1;. The quantitative estimate of drug-likeness (QED) is 0.748. The Balaban J connectivity index is 0.00000128. The molecule has 0 bridgehead atoms. The topological polar surface area (TPSA) is 46.2 Å². The third-order valence-electron chi connectivity index (χ3n) is 3.55. The van der Waals surface area contributed by atoms with Gasteiger partial charge in [0.15, 0.2) is 0 Å². The average Bonchev–Trinajstić information content (AvgIpc) is 2.28. The van der Waals surface area contributed by atoms with Gasteiger partial charge in [-0.15, -0.1) is 0 Å². The fourth-order valence-electron chi connectivity index (χ4n) is 2.32. The maximum atomic E-state index is 9.26. The Morgan fingerprint density at radius 2 is 2.31 bits per heavy atom. The number of hydrogen-bond donors (Lipinski definition) is 2. The zero-order valence-electron chi connectivity index (χ0n) is 9.54. The van der Waals surface area contributed by atoms with E-state index in [1.807, 2.05) is 13.0 Å². The van der Waals surface area contributed by atoms with Crippen LogP contribution in [0.4, 0.5) is 0 Å². The number of fused-ring (bicyclic) bond motifs is 1. The number of aryl methyl sites for hydroxylation is 1. The summed E-state index contributed by atoms with van der Waals surface area (Å²) in [6.45, 7) is 2.00. The summed E-state index contributed by atoms with van der Waals surface area (Å²) < 4.78 is 0. The Morgan fingerprint density at radius 1 is 1.56 bits per heavy atom. The largest absolute Gasteiger partial charge is 0.394 e. The Kier molecular flexibility index (Phi) is 4.70. The van der Waals surface area contributed by atoms with Gasteiger partial charge in [0.1, 0.15) is 0 Å². The molecule has 0 aromatic heterocycles. The van der Waals surface area contributed by atoms with Crippen molar-refractivity contribution in [3.05, 3.63) is 35.4 Å². The Morgan fingerprint density at radius 3 is 3.00 bits per heavy atom. The molecule has 89 valence electrons. The summed E-state index contributed by atoms with van der Waals surface area (Å²) in [6.07, 6.45) is 3.11. The summed E-state index contributed by atoms with van der Waals surface area (Å²) in [5.74, 6) is 0.386. The predicted molar refractivity (Wildman–Crippen MR) is 60.5 cm³/mol. The van der Waals surface area contributed by atoms with Crippen LogP contribution in [0.15, 0.2) is 18.2 Å². The molecule has 1 aromatic rings. The molecule has 0 aliphatic heterocycles. The molecule has 1 aromatic carbocycles. The molecule has 0 heterocycles. The molecule has 1 radical (unpaired) electrons. The summed E-state index contributed by atoms with van der Waals surface area (Å²) >= 11 is 0. The zero-order valence-corrected chi connectivity index (χ0v) is 12.3. The minimum atomic E-state index is -0.447. The van der Waals surface area contributed by atoms with Gasteiger partial charge in [-0.3, -0.25) is 0 Å². The van der Waals surface area contributed by atoms with Gasteiger partial charge in [0.2, 0.25) is 0 Å². The first-order valence-corrected chi connectivity index (χ1v) is 5.51. The first-order valence-electron chi connectivity index (χ1n) is 5.51. The Bertz CT molecular complexity index is 352. The zero-order chi connectivity index (χ0) is 10.9. The second kappa shape index (κ2) is 5.42. The van der Waals surface area contributed by atoms with Crippen molar-refractivity contribution >= 4 is 0 Å². The van der Waals surface area contributed by atoms with Gasteiger partial charge in [0, 0.05) is 26.0 Å². The number of nitrogens with two attached hydrogens (primary N) is 1. The van der Waals surface area contributed by atoms with E-state index >= 15 is 0 Å². The fourth-order valence-corrected chi connectivity index (χ4v) is 2.32. The summed E-state index contributed by atoms with van der Waals surface area (Å²) in [5, 5.41) is 9.26. The molecule has 16 heavy (non-hydrogen) atoms. The van der Waals surface area contributed by atoms with Gasteiger partial charge in [-0.05, 0) is 19.3 Å². The number of hydrogen-bond acceptors (Lipinski definition) is 2. The summed E-state index contributed by atoms with van der Waals surface area (Å²) in [7, 11) is 0. The molecule has 3 N–H and O–H groups in total. The maximum absolute atomic E-state index is 9.26. The van der Waals surface area contributed by atoms with Crippen LogP contribution in [0.1, 0.15) is 24.5 Å². The van der Waals surface area contributed by atoms with Crippen molar-refractivity contribution < 1.29 is 25.5 Å². The smallest absolute Gasteiger partial charge is 0.0611 e. The molecule has 0 amide bonds. The molecule has 0 fully saturated rings. The maximum Gasteiger partial charge on any atom is 0.0611 e. The van der Waals surface area contributed by atoms with Crippen LogP contribution >= 0.6 is 0 Å². The molecular weight excluding hydrogens is 372 g/mol. The second-order valence-electron chi connectivity index (χ2n) is 4.80. The first-order chi connectivity index (χ1) is 7.13. The molecule has 1 aliphatic rings. The van der Waals surface area contributed by atoms with E-state index in [-0.39, 0.29) is 27.0 Å². The molecule has 2 nitrogen and oxygen atoms in total. The molecule has 2 unspecified atom stereocenters. The van der Waals surface area contributed by atoms with E-state index < -0.39 is 5.54 Å². The van der Waals surface area contributed by atoms with E-state index in [4.69, 9.17) is 5.73 Å². The summed E-state index contributed by atoms with van der Waals surface area (Å²) in [6, 6.07) is 9.25. The van der Waals surface area contributed by atoms with Crippen LogP contribution in [0.5, 0.6) is 0 Å². The molecule has 1 aliphatic carbocycles. The molecule has 3 heteroatoms. The first kappa shape index (κ1) is 13.9. The van der Waals surface area contributed by atoms with E-state index in [0.29, 0.717) is 5.92 Å². The van der Waals surface area contributed by atoms with Crippen molar-refractivity contribution in [1.29, 1.82) is 0 Å². The van der Waals surface area contributed by atoms with Crippen LogP contribution in [-0.4, -0.2) is 17.3 Å². The van der Waals surface area contributed by atoms with Crippen molar-refractivity contribution in [3.8, 4) is 0 Å². The average molecular weight is 390 g/mol. The number of aliphatic hydroxyl groups is 1. The van der Waals surface area contributed by atoms with Crippen LogP contribution < -0.4 is 5.73 Å². The molecule has 0 spiro atoms. The fraction of sp³-hybridized carbons (Fsp3) is 0.538. The van der Waals surface area contributed by atoms with Crippen LogP contribution in [-0.2, 0) is 33.3 Å². The normalized spacial score (nSPS) is 22.8. The minimum Gasteiger partial charge on any atom is -0.394 e. The van der Waals surface area contributed by atoms with Gasteiger partial charge in [-0.1, -0.05) is 12.8 Å². The molecule has 2 atom stereocenters. The van der Waals surface area contributed by atoms with E-state index in [0.717, 1.165) is 19.3 Å². The number of benzene rings is 1. The number of rotatable bonds is 2. The van der Waals surface area contributed by atoms with E-state index in [2.05, 4.69) is 18.2 Å². The van der Waals surface area contributed by atoms with E-state index in [9.17, 15) is 5.11 Å². The molecular formula is C13H18NORe-. The van der Waals surface area contributed by atoms with Crippen molar-refractivity contribution in [2.45, 2.75) is 31.7 Å². The van der Waals surface area contributed by atoms with Crippen molar-refractivity contribution in [1.82, 2.24) is 0 Å². The van der Waals surface area contributed by atoms with Crippen molar-refractivity contribution in [2.24, 2.45) is 11.7 Å². The van der Waals surface area contributed by atoms with Crippen LogP contribution in [0.2, 0.25) is 0 Å². The Hall–Kier alpha value is -0.198. The predicted octanol–water partition coefficient (Wildman–Crippen LogP) is 1.30. The SMILES string of the molecule is CC(N)(CO)C1CCc2c[c-]ccc2C1.[Re]. The van der Waals surface area contributed by atoms with Gasteiger partial charge in [-0.25, -0.2) is 0 Å². The van der Waals surface area contributed by atoms with Gasteiger partial charge in [0.05, 0.1) is 6.61 Å². The van der Waals surface area contributed by atoms with Crippen LogP contribution in [0, 0.1) is 12.0 Å². The summed E-state index contributed by atoms with van der Waals surface area (Å²) in [4.78, 5) is 0. The third kappa shape index (κ3) is 2.73. The minimum absolute atomic E-state index is 0. The second-order valence-corrected chi connectivity index (χ2v) is 4.80.